The normalized spacial score (nSPS) is 28.4. The third-order valence-corrected chi connectivity index (χ3v) is 5.30. The molecule has 0 saturated heterocycles. The second-order valence-electron chi connectivity index (χ2n) is 8.49. The van der Waals surface area contributed by atoms with E-state index < -0.39 is 0 Å². The number of hydrogen-bond acceptors (Lipinski definition) is 5. The van der Waals surface area contributed by atoms with Gasteiger partial charge in [-0.05, 0) is 71.6 Å². The Labute approximate surface area is 157 Å². The minimum absolute atomic E-state index is 0.00659. The van der Waals surface area contributed by atoms with Gasteiger partial charge in [0.05, 0.1) is 23.0 Å². The van der Waals surface area contributed by atoms with Crippen molar-refractivity contribution in [2.75, 3.05) is 6.61 Å². The quantitative estimate of drug-likeness (QED) is 0.534. The maximum absolute atomic E-state index is 12.7. The van der Waals surface area contributed by atoms with Crippen molar-refractivity contribution in [1.82, 2.24) is 0 Å². The van der Waals surface area contributed by atoms with Crippen molar-refractivity contribution >= 4 is 11.5 Å². The van der Waals surface area contributed by atoms with E-state index in [4.69, 9.17) is 9.57 Å². The van der Waals surface area contributed by atoms with Gasteiger partial charge in [-0.3, -0.25) is 4.79 Å². The van der Waals surface area contributed by atoms with Crippen LogP contribution in [0.3, 0.4) is 0 Å². The SMILES string of the molecule is CCON=C(CC)C1=C(O)CC(C2CCC(OC(C)(C)C)CC2)CC1=O. The van der Waals surface area contributed by atoms with Gasteiger partial charge in [0.2, 0.25) is 0 Å². The van der Waals surface area contributed by atoms with Crippen LogP contribution in [0.15, 0.2) is 16.5 Å². The van der Waals surface area contributed by atoms with Gasteiger partial charge < -0.3 is 14.7 Å². The van der Waals surface area contributed by atoms with Crippen LogP contribution in [-0.2, 0) is 14.4 Å². The Hall–Kier alpha value is -1.36. The predicted molar refractivity (Wildman–Crippen MR) is 103 cm³/mol. The lowest BCUT2D eigenvalue weighted by atomic mass is 9.72. The fourth-order valence-corrected chi connectivity index (χ4v) is 4.19. The summed E-state index contributed by atoms with van der Waals surface area (Å²) in [4.78, 5) is 17.8. The van der Waals surface area contributed by atoms with Crippen LogP contribution >= 0.6 is 0 Å². The second-order valence-corrected chi connectivity index (χ2v) is 8.49. The molecule has 148 valence electrons. The highest BCUT2D eigenvalue weighted by Crippen LogP contribution is 2.40. The van der Waals surface area contributed by atoms with Gasteiger partial charge in [-0.25, -0.2) is 0 Å². The van der Waals surface area contributed by atoms with E-state index in [2.05, 4.69) is 25.9 Å². The number of carbonyl (C=O) groups is 1. The summed E-state index contributed by atoms with van der Waals surface area (Å²) in [5.41, 5.74) is 0.849. The monoisotopic (exact) mass is 365 g/mol. The van der Waals surface area contributed by atoms with Crippen LogP contribution < -0.4 is 0 Å². The zero-order valence-electron chi connectivity index (χ0n) is 17.0. The Morgan fingerprint density at radius 1 is 1.12 bits per heavy atom. The van der Waals surface area contributed by atoms with Crippen molar-refractivity contribution < 1.29 is 19.5 Å². The molecule has 5 heteroatoms. The maximum atomic E-state index is 12.7. The lowest BCUT2D eigenvalue weighted by Gasteiger charge is -2.37. The number of ketones is 1. The Kier molecular flexibility index (Phi) is 7.27. The molecular formula is C21H35NO4. The average molecular weight is 366 g/mol. The fraction of sp³-hybridized carbons (Fsp3) is 0.810. The molecule has 0 spiro atoms. The van der Waals surface area contributed by atoms with Crippen molar-refractivity contribution in [1.29, 1.82) is 0 Å². The Balaban J connectivity index is 2.00. The second kappa shape index (κ2) is 9.03. The smallest absolute Gasteiger partial charge is 0.168 e. The first-order chi connectivity index (χ1) is 12.2. The molecular weight excluding hydrogens is 330 g/mol. The van der Waals surface area contributed by atoms with Gasteiger partial charge in [-0.15, -0.1) is 0 Å². The summed E-state index contributed by atoms with van der Waals surface area (Å²) >= 11 is 0. The molecule has 1 saturated carbocycles. The van der Waals surface area contributed by atoms with Gasteiger partial charge >= 0.3 is 0 Å². The Bertz CT molecular complexity index is 551. The summed E-state index contributed by atoms with van der Waals surface area (Å²) in [6.45, 7) is 10.5. The number of oxime groups is 1. The molecule has 0 aliphatic heterocycles. The van der Waals surface area contributed by atoms with Gasteiger partial charge in [-0.1, -0.05) is 12.1 Å². The summed E-state index contributed by atoms with van der Waals surface area (Å²) < 4.78 is 6.10. The van der Waals surface area contributed by atoms with Gasteiger partial charge in [-0.2, -0.15) is 0 Å². The number of ether oxygens (including phenoxy) is 1. The third-order valence-electron chi connectivity index (χ3n) is 5.30. The molecule has 1 N–H and O–H groups in total. The topological polar surface area (TPSA) is 68.1 Å². The predicted octanol–water partition coefficient (Wildman–Crippen LogP) is 4.95. The summed E-state index contributed by atoms with van der Waals surface area (Å²) in [7, 11) is 0. The number of carbonyl (C=O) groups excluding carboxylic acids is 1. The van der Waals surface area contributed by atoms with E-state index in [0.717, 1.165) is 25.7 Å². The van der Waals surface area contributed by atoms with Crippen molar-refractivity contribution in [3.63, 3.8) is 0 Å². The highest BCUT2D eigenvalue weighted by molar-refractivity contribution is 6.22. The number of aliphatic hydroxyl groups excluding tert-OH is 1. The van der Waals surface area contributed by atoms with E-state index in [9.17, 15) is 9.90 Å². The zero-order chi connectivity index (χ0) is 19.3. The van der Waals surface area contributed by atoms with Crippen molar-refractivity contribution in [2.45, 2.75) is 91.3 Å². The molecule has 0 aromatic heterocycles. The van der Waals surface area contributed by atoms with Crippen LogP contribution in [0, 0.1) is 11.8 Å². The van der Waals surface area contributed by atoms with E-state index >= 15 is 0 Å². The summed E-state index contributed by atoms with van der Waals surface area (Å²) in [6.07, 6.45) is 6.16. The van der Waals surface area contributed by atoms with Crippen LogP contribution in [0.25, 0.3) is 0 Å². The van der Waals surface area contributed by atoms with Crippen molar-refractivity contribution in [3.8, 4) is 0 Å². The molecule has 0 aromatic rings. The average Bonchev–Trinajstić information content (AvgIpc) is 2.56. The number of rotatable bonds is 6. The maximum Gasteiger partial charge on any atom is 0.168 e. The van der Waals surface area contributed by atoms with E-state index in [1.165, 1.54) is 0 Å². The van der Waals surface area contributed by atoms with E-state index in [1.54, 1.807) is 0 Å². The summed E-state index contributed by atoms with van der Waals surface area (Å²) in [5, 5.41) is 14.6. The highest BCUT2D eigenvalue weighted by atomic mass is 16.6. The standard InChI is InChI=1S/C21H35NO4/c1-6-17(22-25-7-2)20-18(23)12-15(13-19(20)24)14-8-10-16(11-9-14)26-21(3,4)5/h14-16,23H,6-13H2,1-5H3. The van der Waals surface area contributed by atoms with Crippen LogP contribution in [-0.4, -0.2) is 34.9 Å². The first-order valence-electron chi connectivity index (χ1n) is 10.1. The molecule has 0 heterocycles. The summed E-state index contributed by atoms with van der Waals surface area (Å²) in [5.74, 6) is 0.912. The molecule has 1 fully saturated rings. The minimum atomic E-state index is -0.106. The van der Waals surface area contributed by atoms with Crippen LogP contribution in [0.5, 0.6) is 0 Å². The summed E-state index contributed by atoms with van der Waals surface area (Å²) in [6, 6.07) is 0. The molecule has 2 aliphatic rings. The molecule has 5 nitrogen and oxygen atoms in total. The van der Waals surface area contributed by atoms with Crippen LogP contribution in [0.2, 0.25) is 0 Å². The Morgan fingerprint density at radius 2 is 1.77 bits per heavy atom. The lowest BCUT2D eigenvalue weighted by Crippen LogP contribution is -2.34. The number of allylic oxidation sites excluding steroid dienone is 2. The number of aliphatic hydroxyl groups is 1. The largest absolute Gasteiger partial charge is 0.511 e. The first-order valence-corrected chi connectivity index (χ1v) is 10.1. The van der Waals surface area contributed by atoms with E-state index in [-0.39, 0.29) is 23.1 Å². The van der Waals surface area contributed by atoms with Gasteiger partial charge in [0.15, 0.2) is 5.78 Å². The molecule has 0 radical (unpaired) electrons. The van der Waals surface area contributed by atoms with Gasteiger partial charge in [0.25, 0.3) is 0 Å². The molecule has 26 heavy (non-hydrogen) atoms. The van der Waals surface area contributed by atoms with Crippen LogP contribution in [0.4, 0.5) is 0 Å². The van der Waals surface area contributed by atoms with Crippen molar-refractivity contribution in [3.05, 3.63) is 11.3 Å². The molecule has 2 rings (SSSR count). The lowest BCUT2D eigenvalue weighted by molar-refractivity contribution is -0.117. The van der Waals surface area contributed by atoms with Gasteiger partial charge in [0, 0.05) is 12.8 Å². The molecule has 2 aliphatic carbocycles. The van der Waals surface area contributed by atoms with Gasteiger partial charge in [0.1, 0.15) is 12.4 Å². The molecule has 1 atom stereocenters. The Morgan fingerprint density at radius 3 is 2.27 bits per heavy atom. The number of nitrogens with zero attached hydrogens (tertiary/aromatic N) is 1. The third kappa shape index (κ3) is 5.57. The van der Waals surface area contributed by atoms with E-state index in [0.29, 0.717) is 49.2 Å². The molecule has 1 unspecified atom stereocenters. The zero-order valence-corrected chi connectivity index (χ0v) is 17.0. The van der Waals surface area contributed by atoms with Crippen molar-refractivity contribution in [2.24, 2.45) is 17.0 Å². The number of Topliss-reactive ketones (excluding diaryl/α,β-unsaturated/α-hetero) is 1. The van der Waals surface area contributed by atoms with Crippen LogP contribution in [0.1, 0.15) is 79.6 Å². The molecule has 0 amide bonds. The number of hydrogen-bond donors (Lipinski definition) is 1. The highest BCUT2D eigenvalue weighted by Gasteiger charge is 2.36. The minimum Gasteiger partial charge on any atom is -0.511 e. The molecule has 0 aromatic carbocycles. The fourth-order valence-electron chi connectivity index (χ4n) is 4.19. The first kappa shape index (κ1) is 20.9. The molecule has 0 bridgehead atoms. The van der Waals surface area contributed by atoms with E-state index in [1.807, 2.05) is 13.8 Å².